The lowest BCUT2D eigenvalue weighted by Crippen LogP contribution is -2.11. The zero-order chi connectivity index (χ0) is 15.4. The molecule has 0 fully saturated rings. The van der Waals surface area contributed by atoms with Gasteiger partial charge in [0.15, 0.2) is 0 Å². The lowest BCUT2D eigenvalue weighted by molar-refractivity contribution is 0.603. The van der Waals surface area contributed by atoms with Crippen molar-refractivity contribution in [3.05, 3.63) is 72.1 Å². The fraction of sp³-hybridized carbons (Fsp3) is 0. The number of anilines is 3. The molecule has 4 nitrogen and oxygen atoms in total. The number of benzene rings is 2. The van der Waals surface area contributed by atoms with Crippen LogP contribution in [0.2, 0.25) is 0 Å². The van der Waals surface area contributed by atoms with Crippen LogP contribution in [0.5, 0.6) is 0 Å². The Bertz CT molecular complexity index is 828. The molecule has 3 rings (SSSR count). The van der Waals surface area contributed by atoms with Crippen molar-refractivity contribution >= 4 is 38.4 Å². The van der Waals surface area contributed by atoms with Crippen LogP contribution in [0.15, 0.2) is 76.3 Å². The van der Waals surface area contributed by atoms with Crippen molar-refractivity contribution in [3.63, 3.8) is 0 Å². The van der Waals surface area contributed by atoms with Crippen LogP contribution in [-0.4, -0.2) is 8.42 Å². The highest BCUT2D eigenvalue weighted by molar-refractivity contribution is 7.94. The topological polar surface area (TPSA) is 58.2 Å². The van der Waals surface area contributed by atoms with Gasteiger partial charge in [-0.15, -0.1) is 11.3 Å². The molecule has 2 aromatic carbocycles. The third-order valence-corrected chi connectivity index (χ3v) is 5.74. The largest absolute Gasteiger partial charge is 0.356 e. The van der Waals surface area contributed by atoms with E-state index >= 15 is 0 Å². The zero-order valence-corrected chi connectivity index (χ0v) is 13.2. The van der Waals surface area contributed by atoms with Crippen molar-refractivity contribution in [2.45, 2.75) is 4.21 Å². The minimum absolute atomic E-state index is 0.305. The summed E-state index contributed by atoms with van der Waals surface area (Å²) in [5, 5.41) is 4.98. The predicted octanol–water partition coefficient (Wildman–Crippen LogP) is 4.29. The lowest BCUT2D eigenvalue weighted by Gasteiger charge is -2.09. The van der Waals surface area contributed by atoms with Crippen molar-refractivity contribution in [1.82, 2.24) is 0 Å². The number of rotatable bonds is 5. The summed E-state index contributed by atoms with van der Waals surface area (Å²) < 4.78 is 27.1. The molecule has 1 heterocycles. The molecule has 0 atom stereocenters. The molecule has 0 radical (unpaired) electrons. The summed E-state index contributed by atoms with van der Waals surface area (Å²) in [7, 11) is -3.49. The van der Waals surface area contributed by atoms with Crippen LogP contribution in [0, 0.1) is 0 Å². The number of para-hydroxylation sites is 1. The average Bonchev–Trinajstić information content (AvgIpc) is 3.05. The van der Waals surface area contributed by atoms with Crippen LogP contribution in [0.3, 0.4) is 0 Å². The standard InChI is InChI=1S/C16H14N2O2S2/c19-22(20,16-7-4-12-21-16)18-15-10-8-14(9-11-15)17-13-5-2-1-3-6-13/h1-12,17-18H. The smallest absolute Gasteiger partial charge is 0.271 e. The SMILES string of the molecule is O=S(=O)(Nc1ccc(Nc2ccccc2)cc1)c1cccs1. The summed E-state index contributed by atoms with van der Waals surface area (Å²) in [5.41, 5.74) is 2.41. The Hall–Kier alpha value is -2.31. The number of hydrogen-bond acceptors (Lipinski definition) is 4. The van der Waals surface area contributed by atoms with Crippen LogP contribution in [0.25, 0.3) is 0 Å². The zero-order valence-electron chi connectivity index (χ0n) is 11.6. The Morgan fingerprint density at radius 1 is 0.727 bits per heavy atom. The summed E-state index contributed by atoms with van der Waals surface area (Å²) in [4.78, 5) is 0. The molecule has 0 spiro atoms. The van der Waals surface area contributed by atoms with Gasteiger partial charge < -0.3 is 5.32 Å². The van der Waals surface area contributed by atoms with Crippen LogP contribution >= 0.6 is 11.3 Å². The maximum Gasteiger partial charge on any atom is 0.271 e. The molecule has 6 heteroatoms. The summed E-state index contributed by atoms with van der Waals surface area (Å²) in [5.74, 6) is 0. The first-order chi connectivity index (χ1) is 10.6. The second-order valence-corrected chi connectivity index (χ2v) is 7.46. The van der Waals surface area contributed by atoms with Crippen molar-refractivity contribution in [1.29, 1.82) is 0 Å². The van der Waals surface area contributed by atoms with Crippen LogP contribution < -0.4 is 10.0 Å². The third kappa shape index (κ3) is 3.47. The Morgan fingerprint density at radius 3 is 2.00 bits per heavy atom. The minimum Gasteiger partial charge on any atom is -0.356 e. The Morgan fingerprint density at radius 2 is 1.36 bits per heavy atom. The first-order valence-electron chi connectivity index (χ1n) is 6.62. The Labute approximate surface area is 133 Å². The monoisotopic (exact) mass is 330 g/mol. The van der Waals surface area contributed by atoms with E-state index in [0.717, 1.165) is 11.4 Å². The number of hydrogen-bond donors (Lipinski definition) is 2. The van der Waals surface area contributed by atoms with Gasteiger partial charge in [0.25, 0.3) is 10.0 Å². The molecule has 0 saturated heterocycles. The molecule has 2 N–H and O–H groups in total. The van der Waals surface area contributed by atoms with Gasteiger partial charge in [0, 0.05) is 17.1 Å². The molecular weight excluding hydrogens is 316 g/mol. The normalized spacial score (nSPS) is 11.1. The van der Waals surface area contributed by atoms with E-state index in [9.17, 15) is 8.42 Å². The predicted molar refractivity (Wildman–Crippen MR) is 91.3 cm³/mol. The molecule has 0 unspecified atom stereocenters. The summed E-state index contributed by atoms with van der Waals surface area (Å²) in [6.45, 7) is 0. The maximum absolute atomic E-state index is 12.1. The molecule has 0 bridgehead atoms. The summed E-state index contributed by atoms with van der Waals surface area (Å²) in [6.07, 6.45) is 0. The summed E-state index contributed by atoms with van der Waals surface area (Å²) in [6, 6.07) is 20.2. The van der Waals surface area contributed by atoms with E-state index < -0.39 is 10.0 Å². The number of nitrogens with one attached hydrogen (secondary N) is 2. The molecule has 112 valence electrons. The molecule has 0 aliphatic carbocycles. The van der Waals surface area contributed by atoms with E-state index in [1.54, 1.807) is 29.6 Å². The van der Waals surface area contributed by atoms with Gasteiger partial charge in [0.2, 0.25) is 0 Å². The highest BCUT2D eigenvalue weighted by atomic mass is 32.2. The van der Waals surface area contributed by atoms with Gasteiger partial charge in [0.05, 0.1) is 0 Å². The molecule has 0 aliphatic rings. The average molecular weight is 330 g/mol. The first kappa shape index (κ1) is 14.6. The third-order valence-electron chi connectivity index (χ3n) is 2.96. The van der Waals surface area contributed by atoms with Gasteiger partial charge in [-0.3, -0.25) is 4.72 Å². The van der Waals surface area contributed by atoms with E-state index in [4.69, 9.17) is 0 Å². The van der Waals surface area contributed by atoms with Gasteiger partial charge in [-0.25, -0.2) is 8.42 Å². The van der Waals surface area contributed by atoms with Gasteiger partial charge >= 0.3 is 0 Å². The van der Waals surface area contributed by atoms with E-state index in [1.807, 2.05) is 42.5 Å². The van der Waals surface area contributed by atoms with Crippen LogP contribution in [-0.2, 0) is 10.0 Å². The van der Waals surface area contributed by atoms with Gasteiger partial charge in [-0.2, -0.15) is 0 Å². The van der Waals surface area contributed by atoms with Crippen molar-refractivity contribution < 1.29 is 8.42 Å². The fourth-order valence-electron chi connectivity index (χ4n) is 1.93. The van der Waals surface area contributed by atoms with Crippen molar-refractivity contribution in [2.75, 3.05) is 10.0 Å². The first-order valence-corrected chi connectivity index (χ1v) is 8.98. The van der Waals surface area contributed by atoms with Crippen molar-refractivity contribution in [3.8, 4) is 0 Å². The molecular formula is C16H14N2O2S2. The molecule has 1 aromatic heterocycles. The molecule has 22 heavy (non-hydrogen) atoms. The Balaban J connectivity index is 1.72. The van der Waals surface area contributed by atoms with Gasteiger partial charge in [0.1, 0.15) is 4.21 Å². The highest BCUT2D eigenvalue weighted by Crippen LogP contribution is 2.22. The van der Waals surface area contributed by atoms with E-state index in [2.05, 4.69) is 10.0 Å². The molecule has 0 saturated carbocycles. The maximum atomic E-state index is 12.1. The second kappa shape index (κ2) is 6.21. The molecule has 3 aromatic rings. The van der Waals surface area contributed by atoms with E-state index in [0.29, 0.717) is 9.90 Å². The van der Waals surface area contributed by atoms with Crippen molar-refractivity contribution in [2.24, 2.45) is 0 Å². The van der Waals surface area contributed by atoms with Crippen LogP contribution in [0.1, 0.15) is 0 Å². The highest BCUT2D eigenvalue weighted by Gasteiger charge is 2.14. The molecule has 0 aliphatic heterocycles. The fourth-order valence-corrected chi connectivity index (χ4v) is 3.98. The van der Waals surface area contributed by atoms with Gasteiger partial charge in [-0.1, -0.05) is 24.3 Å². The number of sulfonamides is 1. The van der Waals surface area contributed by atoms with Crippen LogP contribution in [0.4, 0.5) is 17.1 Å². The summed E-state index contributed by atoms with van der Waals surface area (Å²) >= 11 is 1.19. The second-order valence-electron chi connectivity index (χ2n) is 4.61. The van der Waals surface area contributed by atoms with E-state index in [1.165, 1.54) is 11.3 Å². The minimum atomic E-state index is -3.49. The Kier molecular flexibility index (Phi) is 4.13. The molecule has 0 amide bonds. The quantitative estimate of drug-likeness (QED) is 0.733. The lowest BCUT2D eigenvalue weighted by atomic mass is 10.2. The van der Waals surface area contributed by atoms with E-state index in [-0.39, 0.29) is 0 Å². The van der Waals surface area contributed by atoms with Gasteiger partial charge in [-0.05, 0) is 47.8 Å². The number of thiophene rings is 1.